The summed E-state index contributed by atoms with van der Waals surface area (Å²) in [6.07, 6.45) is 3.77. The SMILES string of the molecule is NC(Cc1ccco1)c1ccoc1Cl. The van der Waals surface area contributed by atoms with Gasteiger partial charge in [0.05, 0.1) is 12.5 Å². The molecule has 0 radical (unpaired) electrons. The van der Waals surface area contributed by atoms with Gasteiger partial charge in [0, 0.05) is 18.0 Å². The lowest BCUT2D eigenvalue weighted by molar-refractivity contribution is 0.486. The fourth-order valence-electron chi connectivity index (χ4n) is 1.33. The first-order valence-electron chi connectivity index (χ1n) is 4.28. The zero-order valence-electron chi connectivity index (χ0n) is 7.44. The molecule has 2 aromatic heterocycles. The Morgan fingerprint density at radius 1 is 1.29 bits per heavy atom. The van der Waals surface area contributed by atoms with Crippen molar-refractivity contribution in [3.63, 3.8) is 0 Å². The van der Waals surface area contributed by atoms with E-state index in [1.165, 1.54) is 6.26 Å². The zero-order chi connectivity index (χ0) is 9.97. The topological polar surface area (TPSA) is 52.3 Å². The molecule has 0 aliphatic rings. The van der Waals surface area contributed by atoms with Crippen molar-refractivity contribution in [3.8, 4) is 0 Å². The molecule has 3 nitrogen and oxygen atoms in total. The van der Waals surface area contributed by atoms with Crippen molar-refractivity contribution in [1.29, 1.82) is 0 Å². The Balaban J connectivity index is 2.10. The highest BCUT2D eigenvalue weighted by Gasteiger charge is 2.14. The summed E-state index contributed by atoms with van der Waals surface area (Å²) >= 11 is 5.80. The summed E-state index contributed by atoms with van der Waals surface area (Å²) in [5, 5.41) is 0.351. The Bertz CT molecular complexity index is 394. The van der Waals surface area contributed by atoms with Crippen LogP contribution >= 0.6 is 11.6 Å². The van der Waals surface area contributed by atoms with Crippen molar-refractivity contribution < 1.29 is 8.83 Å². The van der Waals surface area contributed by atoms with E-state index >= 15 is 0 Å². The molecule has 0 saturated carbocycles. The minimum atomic E-state index is -0.188. The van der Waals surface area contributed by atoms with Crippen LogP contribution in [0.25, 0.3) is 0 Å². The summed E-state index contributed by atoms with van der Waals surface area (Å²) in [7, 11) is 0. The smallest absolute Gasteiger partial charge is 0.197 e. The molecule has 0 aliphatic heterocycles. The molecule has 0 fully saturated rings. The average molecular weight is 212 g/mol. The molecule has 0 aromatic carbocycles. The predicted octanol–water partition coefficient (Wildman–Crippen LogP) is 2.77. The predicted molar refractivity (Wildman–Crippen MR) is 53.1 cm³/mol. The monoisotopic (exact) mass is 211 g/mol. The summed E-state index contributed by atoms with van der Waals surface area (Å²) in [4.78, 5) is 0. The van der Waals surface area contributed by atoms with Gasteiger partial charge in [0.1, 0.15) is 5.76 Å². The summed E-state index contributed by atoms with van der Waals surface area (Å²) in [5.41, 5.74) is 6.74. The van der Waals surface area contributed by atoms with Crippen LogP contribution in [0.15, 0.2) is 39.6 Å². The van der Waals surface area contributed by atoms with Crippen LogP contribution in [0.4, 0.5) is 0 Å². The number of hydrogen-bond donors (Lipinski definition) is 1. The van der Waals surface area contributed by atoms with Crippen molar-refractivity contribution >= 4 is 11.6 Å². The third-order valence-corrected chi connectivity index (χ3v) is 2.35. The van der Waals surface area contributed by atoms with Crippen LogP contribution in [0.5, 0.6) is 0 Å². The molecule has 2 N–H and O–H groups in total. The van der Waals surface area contributed by atoms with Gasteiger partial charge in [-0.25, -0.2) is 0 Å². The van der Waals surface area contributed by atoms with Gasteiger partial charge in [-0.1, -0.05) is 0 Å². The van der Waals surface area contributed by atoms with Crippen LogP contribution in [0.2, 0.25) is 5.22 Å². The molecule has 74 valence electrons. The van der Waals surface area contributed by atoms with Crippen LogP contribution in [0.3, 0.4) is 0 Å². The normalized spacial score (nSPS) is 13.0. The molecular weight excluding hydrogens is 202 g/mol. The maximum absolute atomic E-state index is 5.93. The van der Waals surface area contributed by atoms with Gasteiger partial charge in [0.25, 0.3) is 0 Å². The summed E-state index contributed by atoms with van der Waals surface area (Å²) in [5.74, 6) is 0.842. The quantitative estimate of drug-likeness (QED) is 0.850. The Labute approximate surface area is 86.5 Å². The Kier molecular flexibility index (Phi) is 2.61. The van der Waals surface area contributed by atoms with E-state index in [1.54, 1.807) is 12.3 Å². The molecular formula is C10H10ClNO2. The first-order chi connectivity index (χ1) is 6.77. The van der Waals surface area contributed by atoms with E-state index in [0.29, 0.717) is 11.6 Å². The van der Waals surface area contributed by atoms with Gasteiger partial charge in [-0.3, -0.25) is 0 Å². The first kappa shape index (κ1) is 9.37. The van der Waals surface area contributed by atoms with Crippen molar-refractivity contribution in [2.24, 2.45) is 5.73 Å². The second kappa shape index (κ2) is 3.90. The van der Waals surface area contributed by atoms with Crippen molar-refractivity contribution in [2.45, 2.75) is 12.5 Å². The van der Waals surface area contributed by atoms with E-state index in [0.717, 1.165) is 11.3 Å². The van der Waals surface area contributed by atoms with Gasteiger partial charge in [0.2, 0.25) is 0 Å². The molecule has 0 amide bonds. The van der Waals surface area contributed by atoms with Gasteiger partial charge in [0.15, 0.2) is 5.22 Å². The fourth-order valence-corrected chi connectivity index (χ4v) is 1.58. The highest BCUT2D eigenvalue weighted by atomic mass is 35.5. The maximum atomic E-state index is 5.93. The van der Waals surface area contributed by atoms with E-state index in [2.05, 4.69) is 0 Å². The van der Waals surface area contributed by atoms with Gasteiger partial charge in [-0.15, -0.1) is 0 Å². The molecule has 0 spiro atoms. The maximum Gasteiger partial charge on any atom is 0.197 e. The van der Waals surface area contributed by atoms with Crippen LogP contribution in [-0.4, -0.2) is 0 Å². The second-order valence-corrected chi connectivity index (χ2v) is 3.38. The highest BCUT2D eigenvalue weighted by Crippen LogP contribution is 2.24. The number of rotatable bonds is 3. The van der Waals surface area contributed by atoms with Crippen LogP contribution in [0, 0.1) is 0 Å². The summed E-state index contributed by atoms with van der Waals surface area (Å²) < 4.78 is 10.1. The molecule has 2 rings (SSSR count). The van der Waals surface area contributed by atoms with E-state index in [9.17, 15) is 0 Å². The van der Waals surface area contributed by atoms with Crippen molar-refractivity contribution in [1.82, 2.24) is 0 Å². The lowest BCUT2D eigenvalue weighted by Crippen LogP contribution is -2.12. The van der Waals surface area contributed by atoms with Gasteiger partial charge >= 0.3 is 0 Å². The Morgan fingerprint density at radius 3 is 2.71 bits per heavy atom. The number of hydrogen-bond acceptors (Lipinski definition) is 3. The zero-order valence-corrected chi connectivity index (χ0v) is 8.20. The molecule has 1 atom stereocenters. The van der Waals surface area contributed by atoms with Crippen LogP contribution in [-0.2, 0) is 6.42 Å². The van der Waals surface area contributed by atoms with Crippen molar-refractivity contribution in [3.05, 3.63) is 47.3 Å². The largest absolute Gasteiger partial charge is 0.469 e. The van der Waals surface area contributed by atoms with E-state index < -0.39 is 0 Å². The second-order valence-electron chi connectivity index (χ2n) is 3.04. The third-order valence-electron chi connectivity index (χ3n) is 2.05. The number of halogens is 1. The minimum Gasteiger partial charge on any atom is -0.469 e. The van der Waals surface area contributed by atoms with Gasteiger partial charge in [-0.2, -0.15) is 0 Å². The van der Waals surface area contributed by atoms with Gasteiger partial charge < -0.3 is 14.6 Å². The molecule has 14 heavy (non-hydrogen) atoms. The molecule has 0 aliphatic carbocycles. The van der Waals surface area contributed by atoms with E-state index in [-0.39, 0.29) is 6.04 Å². The van der Waals surface area contributed by atoms with E-state index in [4.69, 9.17) is 26.2 Å². The first-order valence-corrected chi connectivity index (χ1v) is 4.66. The van der Waals surface area contributed by atoms with E-state index in [1.807, 2.05) is 12.1 Å². The summed E-state index contributed by atoms with van der Waals surface area (Å²) in [6.45, 7) is 0. The average Bonchev–Trinajstić information content (AvgIpc) is 2.75. The molecule has 0 bridgehead atoms. The number of furan rings is 2. The van der Waals surface area contributed by atoms with Crippen LogP contribution < -0.4 is 5.73 Å². The third kappa shape index (κ3) is 1.84. The molecule has 0 saturated heterocycles. The van der Waals surface area contributed by atoms with Gasteiger partial charge in [-0.05, 0) is 29.8 Å². The lowest BCUT2D eigenvalue weighted by atomic mass is 10.1. The molecule has 2 heterocycles. The van der Waals surface area contributed by atoms with Crippen LogP contribution in [0.1, 0.15) is 17.4 Å². The highest BCUT2D eigenvalue weighted by molar-refractivity contribution is 6.29. The number of nitrogens with two attached hydrogens (primary N) is 1. The molecule has 4 heteroatoms. The fraction of sp³-hybridized carbons (Fsp3) is 0.200. The molecule has 1 unspecified atom stereocenters. The lowest BCUT2D eigenvalue weighted by Gasteiger charge is -2.07. The van der Waals surface area contributed by atoms with Crippen molar-refractivity contribution in [2.75, 3.05) is 0 Å². The standard InChI is InChI=1S/C10H10ClNO2/c11-10-8(3-5-14-10)9(12)6-7-2-1-4-13-7/h1-5,9H,6,12H2. The molecule has 2 aromatic rings. The Hall–Kier alpha value is -1.19. The summed E-state index contributed by atoms with van der Waals surface area (Å²) in [6, 6.07) is 5.30. The Morgan fingerprint density at radius 2 is 2.14 bits per heavy atom. The minimum absolute atomic E-state index is 0.188.